The van der Waals surface area contributed by atoms with Gasteiger partial charge >= 0.3 is 12.2 Å². The molecule has 0 aliphatic carbocycles. The molecule has 1 spiro atoms. The first-order chi connectivity index (χ1) is 20.6. The molecule has 0 saturated carbocycles. The molecule has 3 saturated heterocycles. The molecule has 0 bridgehead atoms. The number of rotatable bonds is 7. The Bertz CT molecular complexity index is 1690. The number of ether oxygens (including phenoxy) is 2. The number of anilines is 1. The van der Waals surface area contributed by atoms with Gasteiger partial charge in [-0.05, 0) is 57.5 Å². The van der Waals surface area contributed by atoms with Gasteiger partial charge in [-0.15, -0.1) is 0 Å². The number of alkyl halides is 3. The van der Waals surface area contributed by atoms with Crippen molar-refractivity contribution >= 4 is 39.2 Å². The molecule has 0 radical (unpaired) electrons. The number of aryl methyl sites for hydroxylation is 1. The van der Waals surface area contributed by atoms with E-state index in [0.717, 1.165) is 63.1 Å². The zero-order chi connectivity index (χ0) is 29.9. The van der Waals surface area contributed by atoms with Gasteiger partial charge in [-0.2, -0.15) is 28.2 Å². The largest absolute Gasteiger partial charge is 0.481 e. The number of likely N-dealkylation sites (N-methyl/N-ethyl adjacent to an activating group) is 1. The number of halogens is 4. The topological polar surface area (TPSA) is 91.4 Å². The number of benzene rings is 2. The molecule has 7 rings (SSSR count). The molecule has 9 nitrogen and oxygen atoms in total. The maximum Gasteiger partial charge on any atom is 0.422 e. The Labute approximate surface area is 251 Å². The average Bonchev–Trinajstić information content (AvgIpc) is 3.70. The summed E-state index contributed by atoms with van der Waals surface area (Å²) in [5.74, 6) is 0.537. The highest BCUT2D eigenvalue weighted by molar-refractivity contribution is 6.35. The average molecular weight is 616 g/mol. The van der Waals surface area contributed by atoms with E-state index in [4.69, 9.17) is 31.0 Å². The van der Waals surface area contributed by atoms with Gasteiger partial charge in [0.05, 0.1) is 16.7 Å². The molecule has 43 heavy (non-hydrogen) atoms. The summed E-state index contributed by atoms with van der Waals surface area (Å²) in [5.41, 5.74) is 2.87. The highest BCUT2D eigenvalue weighted by atomic mass is 35.5. The van der Waals surface area contributed by atoms with E-state index in [9.17, 15) is 13.2 Å². The second-order valence-corrected chi connectivity index (χ2v) is 12.6. The summed E-state index contributed by atoms with van der Waals surface area (Å²) in [5, 5.41) is 11.9. The first-order valence-corrected chi connectivity index (χ1v) is 14.9. The van der Waals surface area contributed by atoms with Gasteiger partial charge in [-0.1, -0.05) is 17.7 Å². The molecule has 13 heteroatoms. The smallest absolute Gasteiger partial charge is 0.422 e. The summed E-state index contributed by atoms with van der Waals surface area (Å²) in [6.07, 6.45) is 0.115. The highest BCUT2D eigenvalue weighted by Gasteiger charge is 2.44. The van der Waals surface area contributed by atoms with Crippen LogP contribution >= 0.6 is 11.6 Å². The lowest BCUT2D eigenvalue weighted by atomic mass is 9.81. The van der Waals surface area contributed by atoms with E-state index in [1.165, 1.54) is 0 Å². The molecule has 3 aliphatic heterocycles. The Kier molecular flexibility index (Phi) is 7.05. The van der Waals surface area contributed by atoms with Gasteiger partial charge < -0.3 is 24.6 Å². The SMILES string of the molecule is Cc1ccc2[nH]ncc2c1-c1c(Cl)cc2c(N3CCC4(CNC4)C3)nc(OCC3CCCN3C)nc2c1OCC(F)(F)F. The molecule has 1 unspecified atom stereocenters. The summed E-state index contributed by atoms with van der Waals surface area (Å²) < 4.78 is 52.9. The maximum atomic E-state index is 13.7. The number of H-pyrrole nitrogens is 1. The van der Waals surface area contributed by atoms with Crippen LogP contribution in [0.25, 0.3) is 32.9 Å². The Morgan fingerprint density at radius 3 is 2.65 bits per heavy atom. The molecule has 5 heterocycles. The molecule has 3 aliphatic rings. The van der Waals surface area contributed by atoms with Crippen molar-refractivity contribution in [3.8, 4) is 22.9 Å². The van der Waals surface area contributed by atoms with Gasteiger partial charge in [0, 0.05) is 59.5 Å². The summed E-state index contributed by atoms with van der Waals surface area (Å²) in [4.78, 5) is 14.0. The van der Waals surface area contributed by atoms with Crippen molar-refractivity contribution in [2.45, 2.75) is 38.4 Å². The van der Waals surface area contributed by atoms with Crippen LogP contribution in [0.1, 0.15) is 24.8 Å². The minimum Gasteiger partial charge on any atom is -0.481 e. The Morgan fingerprint density at radius 2 is 1.95 bits per heavy atom. The molecule has 0 amide bonds. The first-order valence-electron chi connectivity index (χ1n) is 14.6. The molecular weight excluding hydrogens is 583 g/mol. The number of aromatic amines is 1. The number of nitrogens with zero attached hydrogens (tertiary/aromatic N) is 5. The third-order valence-corrected chi connectivity index (χ3v) is 9.43. The van der Waals surface area contributed by atoms with E-state index >= 15 is 0 Å². The fourth-order valence-corrected chi connectivity index (χ4v) is 6.99. The summed E-state index contributed by atoms with van der Waals surface area (Å²) in [6.45, 7) is 5.10. The normalized spacial score (nSPS) is 20.4. The second kappa shape index (κ2) is 10.7. The van der Waals surface area contributed by atoms with E-state index in [1.54, 1.807) is 12.3 Å². The highest BCUT2D eigenvalue weighted by Crippen LogP contribution is 2.48. The number of hydrogen-bond donors (Lipinski definition) is 2. The predicted molar refractivity (Wildman–Crippen MR) is 159 cm³/mol. The van der Waals surface area contributed by atoms with Crippen LogP contribution in [0.15, 0.2) is 24.4 Å². The van der Waals surface area contributed by atoms with Gasteiger partial charge in [0.15, 0.2) is 12.4 Å². The Morgan fingerprint density at radius 1 is 1.12 bits per heavy atom. The molecule has 4 aromatic rings. The van der Waals surface area contributed by atoms with Crippen LogP contribution in [0.4, 0.5) is 19.0 Å². The van der Waals surface area contributed by atoms with Crippen LogP contribution in [-0.2, 0) is 0 Å². The molecule has 1 atom stereocenters. The predicted octanol–water partition coefficient (Wildman–Crippen LogP) is 5.35. The van der Waals surface area contributed by atoms with Crippen LogP contribution in [0.2, 0.25) is 5.02 Å². The zero-order valence-corrected chi connectivity index (χ0v) is 24.8. The van der Waals surface area contributed by atoms with Crippen molar-refractivity contribution in [2.75, 3.05) is 57.9 Å². The second-order valence-electron chi connectivity index (χ2n) is 12.1. The quantitative estimate of drug-likeness (QED) is 0.288. The fraction of sp³-hybridized carbons (Fsp3) is 0.500. The molecule has 3 fully saturated rings. The lowest BCUT2D eigenvalue weighted by molar-refractivity contribution is -0.153. The van der Waals surface area contributed by atoms with E-state index in [-0.39, 0.29) is 33.8 Å². The summed E-state index contributed by atoms with van der Waals surface area (Å²) in [7, 11) is 2.06. The molecule has 2 aromatic carbocycles. The minimum atomic E-state index is -4.58. The molecule has 2 N–H and O–H groups in total. The lowest BCUT2D eigenvalue weighted by Gasteiger charge is -2.39. The van der Waals surface area contributed by atoms with Gasteiger partial charge in [0.2, 0.25) is 0 Å². The monoisotopic (exact) mass is 615 g/mol. The van der Waals surface area contributed by atoms with Gasteiger partial charge in [0.25, 0.3) is 0 Å². The first kappa shape index (κ1) is 28.4. The minimum absolute atomic E-state index is 0.0534. The van der Waals surface area contributed by atoms with Crippen LogP contribution in [0.3, 0.4) is 0 Å². The number of likely N-dealkylation sites (tertiary alicyclic amines) is 1. The summed E-state index contributed by atoms with van der Waals surface area (Å²) in [6, 6.07) is 5.81. The van der Waals surface area contributed by atoms with Crippen molar-refractivity contribution in [3.63, 3.8) is 0 Å². The number of fused-ring (bicyclic) bond motifs is 2. The van der Waals surface area contributed by atoms with Crippen molar-refractivity contribution in [2.24, 2.45) is 5.41 Å². The van der Waals surface area contributed by atoms with Gasteiger partial charge in [-0.3, -0.25) is 5.10 Å². The number of hydrogen-bond acceptors (Lipinski definition) is 8. The standard InChI is InChI=1S/C30H33ClF3N7O2/c1-17-5-6-22-20(11-36-39-22)23(17)24-21(31)10-19-25(26(24)43-16-30(32,33)34)37-28(42-12-18-4-3-8-40(18)2)38-27(19)41-9-7-29(15-41)13-35-14-29/h5-6,10-11,18,35H,3-4,7-9,12-16H2,1-2H3,(H,36,39). The van der Waals surface area contributed by atoms with Crippen molar-refractivity contribution in [1.82, 2.24) is 30.4 Å². The van der Waals surface area contributed by atoms with Gasteiger partial charge in [-0.25, -0.2) is 0 Å². The molecule has 228 valence electrons. The lowest BCUT2D eigenvalue weighted by Crippen LogP contribution is -2.54. The fourth-order valence-electron chi connectivity index (χ4n) is 6.70. The van der Waals surface area contributed by atoms with Crippen molar-refractivity contribution in [3.05, 3.63) is 35.0 Å². The van der Waals surface area contributed by atoms with Gasteiger partial charge in [0.1, 0.15) is 17.9 Å². The number of nitrogens with one attached hydrogen (secondary N) is 2. The Balaban J connectivity index is 1.43. The van der Waals surface area contributed by atoms with E-state index in [0.29, 0.717) is 34.3 Å². The Hall–Kier alpha value is -3.35. The van der Waals surface area contributed by atoms with Crippen LogP contribution < -0.4 is 19.7 Å². The van der Waals surface area contributed by atoms with E-state index < -0.39 is 12.8 Å². The van der Waals surface area contributed by atoms with E-state index in [1.807, 2.05) is 19.1 Å². The van der Waals surface area contributed by atoms with Crippen LogP contribution in [0, 0.1) is 12.3 Å². The van der Waals surface area contributed by atoms with Crippen LogP contribution in [-0.4, -0.2) is 90.3 Å². The van der Waals surface area contributed by atoms with Crippen LogP contribution in [0.5, 0.6) is 11.8 Å². The molecular formula is C30H33ClF3N7O2. The summed E-state index contributed by atoms with van der Waals surface area (Å²) >= 11 is 7.00. The van der Waals surface area contributed by atoms with Crippen molar-refractivity contribution in [1.29, 1.82) is 0 Å². The van der Waals surface area contributed by atoms with E-state index in [2.05, 4.69) is 32.4 Å². The zero-order valence-electron chi connectivity index (χ0n) is 24.0. The third-order valence-electron chi connectivity index (χ3n) is 9.13. The van der Waals surface area contributed by atoms with Crippen molar-refractivity contribution < 1.29 is 22.6 Å². The maximum absolute atomic E-state index is 13.7. The third kappa shape index (κ3) is 5.23. The number of aromatic nitrogens is 4. The molecule has 2 aromatic heterocycles.